The van der Waals surface area contributed by atoms with Crippen LogP contribution in [0.2, 0.25) is 0 Å². The van der Waals surface area contributed by atoms with Crippen LogP contribution < -0.4 is 15.4 Å². The number of thiazole rings is 1. The number of methoxy groups -OCH3 is 1. The topological polar surface area (TPSA) is 80.3 Å². The van der Waals surface area contributed by atoms with Crippen molar-refractivity contribution in [3.8, 4) is 5.75 Å². The largest absolute Gasteiger partial charge is 0.494 e. The predicted octanol–water partition coefficient (Wildman–Crippen LogP) is 5.08. The summed E-state index contributed by atoms with van der Waals surface area (Å²) in [6.45, 7) is 0. The number of nitrogens with one attached hydrogen (secondary N) is 2. The molecule has 1 aliphatic rings. The van der Waals surface area contributed by atoms with Gasteiger partial charge in [0, 0.05) is 23.2 Å². The minimum absolute atomic E-state index is 0.0632. The molecule has 4 rings (SSSR count). The molecule has 0 atom stereocenters. The van der Waals surface area contributed by atoms with Gasteiger partial charge < -0.3 is 10.1 Å². The smallest absolute Gasteiger partial charge is 0.257 e. The van der Waals surface area contributed by atoms with E-state index in [4.69, 9.17) is 4.74 Å². The molecule has 29 heavy (non-hydrogen) atoms. The Labute approximate surface area is 173 Å². The van der Waals surface area contributed by atoms with Crippen LogP contribution in [0.5, 0.6) is 5.75 Å². The summed E-state index contributed by atoms with van der Waals surface area (Å²) >= 11 is 1.35. The second-order valence-electron chi connectivity index (χ2n) is 7.19. The summed E-state index contributed by atoms with van der Waals surface area (Å²) in [7, 11) is 1.57. The van der Waals surface area contributed by atoms with E-state index in [1.165, 1.54) is 17.8 Å². The number of aromatic nitrogens is 1. The van der Waals surface area contributed by atoms with Gasteiger partial charge in [0.1, 0.15) is 11.3 Å². The molecule has 6 nitrogen and oxygen atoms in total. The van der Waals surface area contributed by atoms with E-state index in [-0.39, 0.29) is 17.7 Å². The molecule has 1 heterocycles. The Kier molecular flexibility index (Phi) is 5.76. The summed E-state index contributed by atoms with van der Waals surface area (Å²) in [5.41, 5.74) is 1.92. The number of nitrogens with zero attached hydrogens (tertiary/aromatic N) is 1. The van der Waals surface area contributed by atoms with E-state index in [2.05, 4.69) is 15.6 Å². The first-order chi connectivity index (χ1) is 14.1. The molecular formula is C22H23N3O3S. The SMILES string of the molecule is COc1cc(NC(=O)C2CCCCC2)cc2sc(NC(=O)c3ccccc3)nc12. The zero-order valence-corrected chi connectivity index (χ0v) is 17.1. The second kappa shape index (κ2) is 8.61. The lowest BCUT2D eigenvalue weighted by Gasteiger charge is -2.20. The van der Waals surface area contributed by atoms with Gasteiger partial charge in [-0.25, -0.2) is 4.98 Å². The quantitative estimate of drug-likeness (QED) is 0.616. The van der Waals surface area contributed by atoms with Gasteiger partial charge in [-0.2, -0.15) is 0 Å². The number of hydrogen-bond donors (Lipinski definition) is 2. The zero-order valence-electron chi connectivity index (χ0n) is 16.2. The molecule has 0 aliphatic heterocycles. The van der Waals surface area contributed by atoms with Crippen molar-refractivity contribution in [2.24, 2.45) is 5.92 Å². The van der Waals surface area contributed by atoms with Gasteiger partial charge in [-0.1, -0.05) is 48.8 Å². The highest BCUT2D eigenvalue weighted by atomic mass is 32.1. The predicted molar refractivity (Wildman–Crippen MR) is 116 cm³/mol. The van der Waals surface area contributed by atoms with Gasteiger partial charge in [-0.05, 0) is 31.0 Å². The molecule has 1 aromatic heterocycles. The molecule has 0 spiro atoms. The first-order valence-corrected chi connectivity index (χ1v) is 10.6. The second-order valence-corrected chi connectivity index (χ2v) is 8.22. The van der Waals surface area contributed by atoms with Gasteiger partial charge in [0.2, 0.25) is 5.91 Å². The Balaban J connectivity index is 1.55. The summed E-state index contributed by atoms with van der Waals surface area (Å²) in [6.07, 6.45) is 5.32. The molecule has 3 aromatic rings. The first kappa shape index (κ1) is 19.4. The molecule has 2 N–H and O–H groups in total. The van der Waals surface area contributed by atoms with Crippen molar-refractivity contribution in [3.05, 3.63) is 48.0 Å². The number of ether oxygens (including phenoxy) is 1. The van der Waals surface area contributed by atoms with Crippen molar-refractivity contribution < 1.29 is 14.3 Å². The van der Waals surface area contributed by atoms with Crippen LogP contribution in [0, 0.1) is 5.92 Å². The van der Waals surface area contributed by atoms with Crippen LogP contribution in [-0.2, 0) is 4.79 Å². The summed E-state index contributed by atoms with van der Waals surface area (Å²) in [5, 5.41) is 6.35. The molecule has 1 saturated carbocycles. The minimum atomic E-state index is -0.213. The third-order valence-corrected chi connectivity index (χ3v) is 6.10. The van der Waals surface area contributed by atoms with Crippen molar-refractivity contribution in [1.29, 1.82) is 0 Å². The lowest BCUT2D eigenvalue weighted by atomic mass is 9.88. The molecule has 150 valence electrons. The zero-order chi connectivity index (χ0) is 20.2. The molecule has 2 amide bonds. The van der Waals surface area contributed by atoms with Crippen LogP contribution in [-0.4, -0.2) is 23.9 Å². The average molecular weight is 410 g/mol. The molecular weight excluding hydrogens is 386 g/mol. The molecule has 0 radical (unpaired) electrons. The van der Waals surface area contributed by atoms with E-state index in [9.17, 15) is 9.59 Å². The number of carbonyl (C=O) groups excluding carboxylic acids is 2. The maximum atomic E-state index is 12.6. The van der Waals surface area contributed by atoms with Crippen LogP contribution in [0.3, 0.4) is 0 Å². The van der Waals surface area contributed by atoms with Crippen LogP contribution >= 0.6 is 11.3 Å². The maximum absolute atomic E-state index is 12.6. The molecule has 1 fully saturated rings. The lowest BCUT2D eigenvalue weighted by molar-refractivity contribution is -0.120. The summed E-state index contributed by atoms with van der Waals surface area (Å²) in [4.78, 5) is 29.5. The fourth-order valence-electron chi connectivity index (χ4n) is 3.65. The van der Waals surface area contributed by atoms with Crippen LogP contribution in [0.15, 0.2) is 42.5 Å². The molecule has 2 aromatic carbocycles. The number of benzene rings is 2. The van der Waals surface area contributed by atoms with E-state index < -0.39 is 0 Å². The lowest BCUT2D eigenvalue weighted by Crippen LogP contribution is -2.24. The number of amides is 2. The molecule has 0 saturated heterocycles. The number of fused-ring (bicyclic) bond motifs is 1. The van der Waals surface area contributed by atoms with Crippen LogP contribution in [0.1, 0.15) is 42.5 Å². The van der Waals surface area contributed by atoms with E-state index in [0.29, 0.717) is 27.6 Å². The van der Waals surface area contributed by atoms with Crippen molar-refractivity contribution >= 4 is 44.2 Å². The Bertz CT molecular complexity index is 1030. The maximum Gasteiger partial charge on any atom is 0.257 e. The average Bonchev–Trinajstić information content (AvgIpc) is 3.16. The van der Waals surface area contributed by atoms with Gasteiger partial charge in [-0.3, -0.25) is 14.9 Å². The van der Waals surface area contributed by atoms with E-state index in [1.807, 2.05) is 24.3 Å². The molecule has 1 aliphatic carbocycles. The first-order valence-electron chi connectivity index (χ1n) is 9.80. The van der Waals surface area contributed by atoms with Gasteiger partial charge in [0.05, 0.1) is 11.8 Å². The van der Waals surface area contributed by atoms with Crippen LogP contribution in [0.25, 0.3) is 10.2 Å². The summed E-state index contributed by atoms with van der Waals surface area (Å²) < 4.78 is 6.32. The Morgan fingerprint density at radius 2 is 1.83 bits per heavy atom. The Morgan fingerprint density at radius 3 is 2.55 bits per heavy atom. The van der Waals surface area contributed by atoms with Crippen molar-refractivity contribution in [1.82, 2.24) is 4.98 Å². The highest BCUT2D eigenvalue weighted by Crippen LogP contribution is 2.36. The van der Waals surface area contributed by atoms with Gasteiger partial charge in [0.15, 0.2) is 5.13 Å². The minimum Gasteiger partial charge on any atom is -0.494 e. The monoisotopic (exact) mass is 409 g/mol. The highest BCUT2D eigenvalue weighted by molar-refractivity contribution is 7.22. The van der Waals surface area contributed by atoms with Crippen molar-refractivity contribution in [2.75, 3.05) is 17.7 Å². The Hall–Kier alpha value is -2.93. The number of rotatable bonds is 5. The van der Waals surface area contributed by atoms with Crippen molar-refractivity contribution in [3.63, 3.8) is 0 Å². The fourth-order valence-corrected chi connectivity index (χ4v) is 4.57. The van der Waals surface area contributed by atoms with E-state index >= 15 is 0 Å². The van der Waals surface area contributed by atoms with Gasteiger partial charge in [-0.15, -0.1) is 0 Å². The number of anilines is 2. The molecule has 0 unspecified atom stereocenters. The normalized spacial score (nSPS) is 14.5. The van der Waals surface area contributed by atoms with Gasteiger partial charge in [0.25, 0.3) is 5.91 Å². The molecule has 0 bridgehead atoms. The van der Waals surface area contributed by atoms with Crippen LogP contribution in [0.4, 0.5) is 10.8 Å². The highest BCUT2D eigenvalue weighted by Gasteiger charge is 2.22. The van der Waals surface area contributed by atoms with Crippen molar-refractivity contribution in [2.45, 2.75) is 32.1 Å². The Morgan fingerprint density at radius 1 is 1.07 bits per heavy atom. The third kappa shape index (κ3) is 4.40. The fraction of sp³-hybridized carbons (Fsp3) is 0.318. The number of carbonyl (C=O) groups is 2. The van der Waals surface area contributed by atoms with E-state index in [1.54, 1.807) is 25.3 Å². The third-order valence-electron chi connectivity index (χ3n) is 5.18. The summed E-state index contributed by atoms with van der Waals surface area (Å²) in [5.74, 6) is 0.494. The summed E-state index contributed by atoms with van der Waals surface area (Å²) in [6, 6.07) is 12.7. The number of hydrogen-bond acceptors (Lipinski definition) is 5. The molecule has 7 heteroatoms. The standard InChI is InChI=1S/C22H23N3O3S/c1-28-17-12-16(23-20(26)14-8-4-2-5-9-14)13-18-19(17)24-22(29-18)25-21(27)15-10-6-3-7-11-15/h3,6-7,10-14H,2,4-5,8-9H2,1H3,(H,23,26)(H,24,25,27). The van der Waals surface area contributed by atoms with E-state index in [0.717, 1.165) is 30.4 Å². The van der Waals surface area contributed by atoms with Gasteiger partial charge >= 0.3 is 0 Å².